The summed E-state index contributed by atoms with van der Waals surface area (Å²) in [7, 11) is 0. The number of nitrogens with zero attached hydrogens (tertiary/aromatic N) is 1. The first-order chi connectivity index (χ1) is 11.3. The van der Waals surface area contributed by atoms with Gasteiger partial charge >= 0.3 is 0 Å². The second-order valence-electron chi connectivity index (χ2n) is 6.46. The Kier molecular flexibility index (Phi) is 12.0. The molecule has 1 radical (unpaired) electrons. The molecule has 0 unspecified atom stereocenters. The van der Waals surface area contributed by atoms with Gasteiger partial charge < -0.3 is 0 Å². The first-order valence-electron chi connectivity index (χ1n) is 9.37. The van der Waals surface area contributed by atoms with Crippen LogP contribution in [0, 0.1) is 0 Å². The fourth-order valence-corrected chi connectivity index (χ4v) is 3.17. The number of imide groups is 1. The molecule has 2 amide bonds. The molecule has 0 spiro atoms. The van der Waals surface area contributed by atoms with Gasteiger partial charge in [-0.25, -0.2) is 0 Å². The minimum Gasteiger partial charge on any atom is -0.275 e. The molecule has 1 heterocycles. The van der Waals surface area contributed by atoms with E-state index in [0.29, 0.717) is 6.54 Å². The van der Waals surface area contributed by atoms with Gasteiger partial charge in [0.2, 0.25) is 0 Å². The third-order valence-corrected chi connectivity index (χ3v) is 4.72. The van der Waals surface area contributed by atoms with E-state index in [-0.39, 0.29) is 11.8 Å². The van der Waals surface area contributed by atoms with Crippen LogP contribution < -0.4 is 0 Å². The van der Waals surface area contributed by atoms with Gasteiger partial charge in [-0.1, -0.05) is 83.3 Å². The normalized spacial score (nSPS) is 14.2. The number of hydrogen-bond donors (Lipinski definition) is 0. The second kappa shape index (κ2) is 13.6. The van der Waals surface area contributed by atoms with Gasteiger partial charge in [0, 0.05) is 24.4 Å². The summed E-state index contributed by atoms with van der Waals surface area (Å²) in [5.41, 5.74) is 0. The van der Waals surface area contributed by atoms with Crippen LogP contribution in [0.3, 0.4) is 0 Å². The summed E-state index contributed by atoms with van der Waals surface area (Å²) >= 11 is 4.94. The molecule has 0 aromatic carbocycles. The molecule has 0 N–H and O–H groups in total. The number of rotatable bonds is 15. The molecule has 1 aliphatic rings. The lowest BCUT2D eigenvalue weighted by molar-refractivity contribution is -0.136. The second-order valence-corrected chi connectivity index (χ2v) is 6.87. The van der Waals surface area contributed by atoms with Crippen molar-refractivity contribution in [1.29, 1.82) is 0 Å². The van der Waals surface area contributed by atoms with E-state index < -0.39 is 0 Å². The first kappa shape index (κ1) is 20.3. The van der Waals surface area contributed by atoms with Crippen molar-refractivity contribution >= 4 is 24.4 Å². The molecule has 131 valence electrons. The highest BCUT2D eigenvalue weighted by atomic mass is 32.1. The van der Waals surface area contributed by atoms with Crippen LogP contribution in [0.2, 0.25) is 0 Å². The van der Waals surface area contributed by atoms with Crippen LogP contribution in [0.4, 0.5) is 0 Å². The van der Waals surface area contributed by atoms with Gasteiger partial charge in [-0.15, -0.1) is 0 Å². The molecular formula is C19H32NO2S. The third-order valence-electron chi connectivity index (χ3n) is 4.43. The summed E-state index contributed by atoms with van der Waals surface area (Å²) in [5, 5.41) is 0. The summed E-state index contributed by atoms with van der Waals surface area (Å²) in [6.45, 7) is 0.579. The number of carbonyl (C=O) groups excluding carboxylic acids is 2. The summed E-state index contributed by atoms with van der Waals surface area (Å²) in [6.07, 6.45) is 19.3. The van der Waals surface area contributed by atoms with Crippen LogP contribution in [-0.2, 0) is 9.59 Å². The quantitative estimate of drug-likeness (QED) is 0.305. The molecule has 1 aliphatic heterocycles. The van der Waals surface area contributed by atoms with E-state index in [1.807, 2.05) is 0 Å². The Morgan fingerprint density at radius 3 is 1.35 bits per heavy atom. The van der Waals surface area contributed by atoms with Crippen molar-refractivity contribution < 1.29 is 9.59 Å². The highest BCUT2D eigenvalue weighted by Crippen LogP contribution is 2.13. The van der Waals surface area contributed by atoms with E-state index in [0.717, 1.165) is 18.6 Å². The van der Waals surface area contributed by atoms with Crippen molar-refractivity contribution in [3.05, 3.63) is 12.2 Å². The molecule has 0 atom stereocenters. The Morgan fingerprint density at radius 1 is 0.609 bits per heavy atom. The summed E-state index contributed by atoms with van der Waals surface area (Å²) < 4.78 is 0. The number of hydrogen-bond acceptors (Lipinski definition) is 2. The Hall–Kier alpha value is -0.770. The van der Waals surface area contributed by atoms with Crippen molar-refractivity contribution in [2.24, 2.45) is 0 Å². The van der Waals surface area contributed by atoms with Crippen molar-refractivity contribution in [2.75, 3.05) is 12.3 Å². The standard InChI is InChI=1S/C19H32NO2S/c21-18-14-15-19(22)20(18)16-12-10-8-6-4-2-1-3-5-7-9-11-13-17-23/h14-15H,1-13,16-17H2. The first-order valence-corrected chi connectivity index (χ1v) is 9.95. The van der Waals surface area contributed by atoms with Gasteiger partial charge in [0.15, 0.2) is 0 Å². The number of unbranched alkanes of at least 4 members (excludes halogenated alkanes) is 12. The topological polar surface area (TPSA) is 37.4 Å². The zero-order valence-corrected chi connectivity index (χ0v) is 15.2. The minimum absolute atomic E-state index is 0.154. The molecule has 0 aromatic rings. The van der Waals surface area contributed by atoms with Crippen LogP contribution in [0.25, 0.3) is 0 Å². The zero-order chi connectivity index (χ0) is 16.8. The smallest absolute Gasteiger partial charge is 0.253 e. The fraction of sp³-hybridized carbons (Fsp3) is 0.789. The largest absolute Gasteiger partial charge is 0.275 e. The zero-order valence-electron chi connectivity index (χ0n) is 14.4. The predicted molar refractivity (Wildman–Crippen MR) is 98.3 cm³/mol. The van der Waals surface area contributed by atoms with Crippen LogP contribution in [0.5, 0.6) is 0 Å². The fourth-order valence-electron chi connectivity index (χ4n) is 2.97. The van der Waals surface area contributed by atoms with Crippen molar-refractivity contribution in [3.63, 3.8) is 0 Å². The van der Waals surface area contributed by atoms with E-state index in [1.165, 1.54) is 87.7 Å². The maximum Gasteiger partial charge on any atom is 0.253 e. The summed E-state index contributed by atoms with van der Waals surface area (Å²) in [4.78, 5) is 24.1. The maximum absolute atomic E-state index is 11.4. The Bertz CT molecular complexity index is 350. The van der Waals surface area contributed by atoms with E-state index in [1.54, 1.807) is 0 Å². The molecule has 0 bridgehead atoms. The molecular weight excluding hydrogens is 306 g/mol. The molecule has 0 fully saturated rings. The molecule has 4 heteroatoms. The van der Waals surface area contributed by atoms with E-state index in [4.69, 9.17) is 12.6 Å². The van der Waals surface area contributed by atoms with Crippen LogP contribution in [-0.4, -0.2) is 29.0 Å². The van der Waals surface area contributed by atoms with Gasteiger partial charge in [0.05, 0.1) is 0 Å². The van der Waals surface area contributed by atoms with Gasteiger partial charge in [0.25, 0.3) is 11.8 Å². The summed E-state index contributed by atoms with van der Waals surface area (Å²) in [6, 6.07) is 0. The van der Waals surface area contributed by atoms with Gasteiger partial charge in [0.1, 0.15) is 0 Å². The SMILES string of the molecule is O=C1C=CC(=O)N1CCCCCCCCCCCCCCC[S]. The van der Waals surface area contributed by atoms with Crippen molar-refractivity contribution in [2.45, 2.75) is 83.5 Å². The lowest BCUT2D eigenvalue weighted by Gasteiger charge is -2.12. The number of carbonyl (C=O) groups is 2. The third kappa shape index (κ3) is 9.85. The van der Waals surface area contributed by atoms with E-state index in [9.17, 15) is 9.59 Å². The average molecular weight is 339 g/mol. The lowest BCUT2D eigenvalue weighted by Crippen LogP contribution is -2.30. The predicted octanol–water partition coefficient (Wildman–Crippen LogP) is 5.18. The minimum atomic E-state index is -0.154. The van der Waals surface area contributed by atoms with Crippen LogP contribution >= 0.6 is 12.6 Å². The Morgan fingerprint density at radius 2 is 0.957 bits per heavy atom. The molecule has 0 saturated heterocycles. The Labute approximate surface area is 147 Å². The lowest BCUT2D eigenvalue weighted by atomic mass is 10.0. The molecule has 23 heavy (non-hydrogen) atoms. The van der Waals surface area contributed by atoms with Crippen molar-refractivity contribution in [1.82, 2.24) is 4.90 Å². The van der Waals surface area contributed by atoms with Crippen LogP contribution in [0.1, 0.15) is 83.5 Å². The summed E-state index contributed by atoms with van der Waals surface area (Å²) in [5.74, 6) is 0.611. The van der Waals surface area contributed by atoms with E-state index in [2.05, 4.69) is 0 Å². The highest BCUT2D eigenvalue weighted by Gasteiger charge is 2.21. The van der Waals surface area contributed by atoms with Gasteiger partial charge in [-0.05, 0) is 12.8 Å². The van der Waals surface area contributed by atoms with E-state index >= 15 is 0 Å². The molecule has 1 rings (SSSR count). The molecule has 0 aromatic heterocycles. The molecule has 3 nitrogen and oxygen atoms in total. The highest BCUT2D eigenvalue weighted by molar-refractivity contribution is 7.80. The average Bonchev–Trinajstić information content (AvgIpc) is 2.86. The maximum atomic E-state index is 11.4. The molecule has 0 saturated carbocycles. The van der Waals surface area contributed by atoms with Gasteiger partial charge in [-0.2, -0.15) is 0 Å². The monoisotopic (exact) mass is 338 g/mol. The van der Waals surface area contributed by atoms with Gasteiger partial charge in [-0.3, -0.25) is 14.5 Å². The van der Waals surface area contributed by atoms with Crippen molar-refractivity contribution in [3.8, 4) is 0 Å². The van der Waals surface area contributed by atoms with Crippen LogP contribution in [0.15, 0.2) is 12.2 Å². The number of amides is 2. The molecule has 0 aliphatic carbocycles. The Balaban J connectivity index is 1.77.